The van der Waals surface area contributed by atoms with Crippen molar-refractivity contribution in [1.29, 1.82) is 0 Å². The third-order valence-corrected chi connectivity index (χ3v) is 4.19. The highest BCUT2D eigenvalue weighted by atomic mass is 16.6. The van der Waals surface area contributed by atoms with Gasteiger partial charge in [0, 0.05) is 18.2 Å². The van der Waals surface area contributed by atoms with Crippen molar-refractivity contribution in [2.75, 3.05) is 21.3 Å². The molecule has 26 heavy (non-hydrogen) atoms. The SMILES string of the molecule is COc1cc(OC)c2c(c1)OC(c1ccc(OC)c([N+](=O)[O-])c1)CC2=O. The van der Waals surface area contributed by atoms with Crippen LogP contribution >= 0.6 is 0 Å². The first-order valence-electron chi connectivity index (χ1n) is 7.76. The minimum absolute atomic E-state index is 0.0408. The van der Waals surface area contributed by atoms with Gasteiger partial charge in [0.25, 0.3) is 0 Å². The van der Waals surface area contributed by atoms with Gasteiger partial charge in [0.15, 0.2) is 11.5 Å². The molecule has 0 amide bonds. The number of fused-ring (bicyclic) bond motifs is 1. The number of rotatable bonds is 5. The molecule has 8 heteroatoms. The molecule has 0 saturated heterocycles. The van der Waals surface area contributed by atoms with E-state index in [2.05, 4.69) is 0 Å². The van der Waals surface area contributed by atoms with Crippen LogP contribution in [0.15, 0.2) is 30.3 Å². The van der Waals surface area contributed by atoms with E-state index < -0.39 is 11.0 Å². The van der Waals surface area contributed by atoms with Crippen LogP contribution in [-0.2, 0) is 0 Å². The fourth-order valence-corrected chi connectivity index (χ4v) is 2.91. The third-order valence-electron chi connectivity index (χ3n) is 4.19. The van der Waals surface area contributed by atoms with Gasteiger partial charge in [0.2, 0.25) is 0 Å². The predicted octanol–water partition coefficient (Wildman–Crippen LogP) is 3.33. The second-order valence-electron chi connectivity index (χ2n) is 5.62. The van der Waals surface area contributed by atoms with E-state index in [1.165, 1.54) is 33.5 Å². The number of hydrogen-bond donors (Lipinski definition) is 0. The van der Waals surface area contributed by atoms with Crippen LogP contribution in [0.3, 0.4) is 0 Å². The monoisotopic (exact) mass is 359 g/mol. The molecule has 1 unspecified atom stereocenters. The summed E-state index contributed by atoms with van der Waals surface area (Å²) in [5, 5.41) is 11.2. The number of carbonyl (C=O) groups excluding carboxylic acids is 1. The Morgan fingerprint density at radius 1 is 1.08 bits per heavy atom. The lowest BCUT2D eigenvalue weighted by molar-refractivity contribution is -0.385. The average Bonchev–Trinajstić information content (AvgIpc) is 2.66. The molecule has 0 bridgehead atoms. The first kappa shape index (κ1) is 17.5. The standard InChI is InChI=1S/C18H17NO7/c1-23-11-7-16(25-3)18-13(20)9-15(26-17(18)8-11)10-4-5-14(24-2)12(6-10)19(21)22/h4-8,15H,9H2,1-3H3. The number of carbonyl (C=O) groups is 1. The number of hydrogen-bond acceptors (Lipinski definition) is 7. The molecule has 0 saturated carbocycles. The summed E-state index contributed by atoms with van der Waals surface area (Å²) in [5.74, 6) is 1.14. The van der Waals surface area contributed by atoms with Crippen LogP contribution in [0.5, 0.6) is 23.0 Å². The van der Waals surface area contributed by atoms with Gasteiger partial charge in [0.1, 0.15) is 28.9 Å². The number of nitro benzene ring substituents is 1. The van der Waals surface area contributed by atoms with Gasteiger partial charge >= 0.3 is 5.69 Å². The summed E-state index contributed by atoms with van der Waals surface area (Å²) >= 11 is 0. The largest absolute Gasteiger partial charge is 0.496 e. The van der Waals surface area contributed by atoms with Gasteiger partial charge in [-0.2, -0.15) is 0 Å². The van der Waals surface area contributed by atoms with Crippen molar-refractivity contribution >= 4 is 11.5 Å². The molecule has 1 aliphatic rings. The van der Waals surface area contributed by atoms with Crippen LogP contribution in [-0.4, -0.2) is 32.0 Å². The van der Waals surface area contributed by atoms with Crippen LogP contribution in [0.2, 0.25) is 0 Å². The van der Waals surface area contributed by atoms with Crippen molar-refractivity contribution < 1.29 is 28.7 Å². The minimum atomic E-state index is -0.656. The fourth-order valence-electron chi connectivity index (χ4n) is 2.91. The zero-order valence-corrected chi connectivity index (χ0v) is 14.5. The molecule has 0 spiro atoms. The number of Topliss-reactive ketones (excluding diaryl/α,β-unsaturated/α-hetero) is 1. The Balaban J connectivity index is 2.02. The van der Waals surface area contributed by atoms with E-state index in [4.69, 9.17) is 18.9 Å². The Hall–Kier alpha value is -3.29. The molecule has 0 N–H and O–H groups in total. The van der Waals surface area contributed by atoms with Gasteiger partial charge in [-0.25, -0.2) is 0 Å². The Bertz CT molecular complexity index is 878. The second-order valence-corrected chi connectivity index (χ2v) is 5.62. The lowest BCUT2D eigenvalue weighted by Crippen LogP contribution is -2.21. The highest BCUT2D eigenvalue weighted by molar-refractivity contribution is 6.02. The van der Waals surface area contributed by atoms with Gasteiger partial charge in [0.05, 0.1) is 32.7 Å². The Kier molecular flexibility index (Phi) is 4.66. The number of ketones is 1. The van der Waals surface area contributed by atoms with E-state index in [-0.39, 0.29) is 23.6 Å². The Labute approximate surface area is 149 Å². The summed E-state index contributed by atoms with van der Waals surface area (Å²) in [6.07, 6.45) is -0.615. The summed E-state index contributed by atoms with van der Waals surface area (Å²) < 4.78 is 21.4. The molecule has 0 aliphatic carbocycles. The summed E-state index contributed by atoms with van der Waals surface area (Å²) in [4.78, 5) is 23.3. The molecule has 0 fully saturated rings. The molecule has 2 aromatic carbocycles. The third kappa shape index (κ3) is 3.01. The molecule has 0 aromatic heterocycles. The van der Waals surface area contributed by atoms with E-state index in [0.29, 0.717) is 28.4 Å². The van der Waals surface area contributed by atoms with E-state index in [1.54, 1.807) is 18.2 Å². The molecule has 1 aliphatic heterocycles. The van der Waals surface area contributed by atoms with Crippen molar-refractivity contribution in [3.05, 3.63) is 51.6 Å². The molecule has 3 rings (SSSR count). The molecule has 0 radical (unpaired) electrons. The summed E-state index contributed by atoms with van der Waals surface area (Å²) in [5.41, 5.74) is 0.668. The van der Waals surface area contributed by atoms with Gasteiger partial charge in [-0.15, -0.1) is 0 Å². The maximum absolute atomic E-state index is 12.6. The van der Waals surface area contributed by atoms with Gasteiger partial charge in [-0.3, -0.25) is 14.9 Å². The van der Waals surface area contributed by atoms with Crippen molar-refractivity contribution in [3.63, 3.8) is 0 Å². The van der Waals surface area contributed by atoms with Crippen molar-refractivity contribution in [1.82, 2.24) is 0 Å². The van der Waals surface area contributed by atoms with Crippen LogP contribution in [0.4, 0.5) is 5.69 Å². The summed E-state index contributed by atoms with van der Waals surface area (Å²) in [7, 11) is 4.31. The Morgan fingerprint density at radius 3 is 2.42 bits per heavy atom. The first-order chi connectivity index (χ1) is 12.5. The molecule has 136 valence electrons. The Morgan fingerprint density at radius 2 is 1.81 bits per heavy atom. The van der Waals surface area contributed by atoms with E-state index in [0.717, 1.165) is 0 Å². The lowest BCUT2D eigenvalue weighted by atomic mass is 9.95. The highest BCUT2D eigenvalue weighted by Crippen LogP contribution is 2.43. The molecular formula is C18H17NO7. The zero-order valence-electron chi connectivity index (χ0n) is 14.5. The first-order valence-corrected chi connectivity index (χ1v) is 7.76. The molecule has 1 heterocycles. The van der Waals surface area contributed by atoms with Gasteiger partial charge in [-0.05, 0) is 11.6 Å². The quantitative estimate of drug-likeness (QED) is 0.596. The maximum atomic E-state index is 12.6. The lowest BCUT2D eigenvalue weighted by Gasteiger charge is -2.27. The molecule has 8 nitrogen and oxygen atoms in total. The van der Waals surface area contributed by atoms with Crippen molar-refractivity contribution in [3.8, 4) is 23.0 Å². The van der Waals surface area contributed by atoms with E-state index in [1.807, 2.05) is 0 Å². The van der Waals surface area contributed by atoms with Crippen molar-refractivity contribution in [2.24, 2.45) is 0 Å². The van der Waals surface area contributed by atoms with Crippen LogP contribution in [0.25, 0.3) is 0 Å². The maximum Gasteiger partial charge on any atom is 0.311 e. The van der Waals surface area contributed by atoms with Crippen molar-refractivity contribution in [2.45, 2.75) is 12.5 Å². The van der Waals surface area contributed by atoms with Crippen LogP contribution in [0, 0.1) is 10.1 Å². The molecule has 1 atom stereocenters. The topological polar surface area (TPSA) is 97.1 Å². The number of benzene rings is 2. The number of methoxy groups -OCH3 is 3. The minimum Gasteiger partial charge on any atom is -0.496 e. The molecular weight excluding hydrogens is 342 g/mol. The number of ether oxygens (including phenoxy) is 4. The smallest absolute Gasteiger partial charge is 0.311 e. The second kappa shape index (κ2) is 6.91. The highest BCUT2D eigenvalue weighted by Gasteiger charge is 2.32. The zero-order chi connectivity index (χ0) is 18.8. The average molecular weight is 359 g/mol. The van der Waals surface area contributed by atoms with Gasteiger partial charge < -0.3 is 18.9 Å². The van der Waals surface area contributed by atoms with Crippen LogP contribution < -0.4 is 18.9 Å². The van der Waals surface area contributed by atoms with Gasteiger partial charge in [-0.1, -0.05) is 6.07 Å². The number of nitro groups is 1. The predicted molar refractivity (Wildman–Crippen MR) is 91.5 cm³/mol. The number of nitrogens with zero attached hydrogens (tertiary/aromatic N) is 1. The summed E-state index contributed by atoms with van der Waals surface area (Å²) in [6, 6.07) is 7.70. The normalized spacial score (nSPS) is 15.7. The van der Waals surface area contributed by atoms with Crippen LogP contribution in [0.1, 0.15) is 28.4 Å². The van der Waals surface area contributed by atoms with E-state index >= 15 is 0 Å². The molecule has 2 aromatic rings. The summed E-state index contributed by atoms with van der Waals surface area (Å²) in [6.45, 7) is 0. The fraction of sp³-hybridized carbons (Fsp3) is 0.278. The van der Waals surface area contributed by atoms with E-state index in [9.17, 15) is 14.9 Å².